The van der Waals surface area contributed by atoms with Gasteiger partial charge in [-0.15, -0.1) is 0 Å². The molecule has 0 amide bonds. The van der Waals surface area contributed by atoms with Crippen molar-refractivity contribution in [2.75, 3.05) is 26.4 Å². The Morgan fingerprint density at radius 3 is 1.54 bits per heavy atom. The van der Waals surface area contributed by atoms with Crippen LogP contribution in [0, 0.1) is 0 Å². The Balaban J connectivity index is 1.07. The average Bonchev–Trinajstić information content (AvgIpc) is 3.28. The Kier molecular flexibility index (Phi) is 17.9. The molecular formula is C38H64N2O25. The zero-order chi connectivity index (χ0) is 47.9. The first-order chi connectivity index (χ1) is 30.7. The van der Waals surface area contributed by atoms with E-state index >= 15 is 0 Å². The fourth-order valence-electron chi connectivity index (χ4n) is 9.03. The highest BCUT2D eigenvalue weighted by molar-refractivity contribution is 5.24. The third-order valence-electron chi connectivity index (χ3n) is 12.9. The highest BCUT2D eigenvalue weighted by Gasteiger charge is 2.54. The number of hydrogen-bond acceptors (Lipinski definition) is 27. The number of aliphatic hydroxyl groups excluding tert-OH is 18. The second kappa shape index (κ2) is 22.0. The van der Waals surface area contributed by atoms with E-state index in [9.17, 15) is 91.9 Å². The van der Waals surface area contributed by atoms with Crippen LogP contribution in [0.1, 0.15) is 13.8 Å². The number of rotatable bonds is 14. The third-order valence-corrected chi connectivity index (χ3v) is 12.9. The minimum atomic E-state index is -1.93. The van der Waals surface area contributed by atoms with Crippen LogP contribution in [0.4, 0.5) is 0 Å². The largest absolute Gasteiger partial charge is 0.394 e. The van der Waals surface area contributed by atoms with Crippen molar-refractivity contribution in [3.8, 4) is 0 Å². The molecule has 6 rings (SSSR count). The van der Waals surface area contributed by atoms with Gasteiger partial charge in [0, 0.05) is 0 Å². The predicted molar refractivity (Wildman–Crippen MR) is 207 cm³/mol. The SMILES string of the molecule is C[C@H]1O[C@H](O[C@H]2[C@H](O)[C@@H](O)[C@@H](N[C@H]3C=C(CO)[C@@H](O[C@H]4[C@H](O)[C@@H](O)[C@@H](O[C@H]5[C@H](O)[C@@H](O)[C@@H](O)O[C@@H]5CO)O[C@@H]4C)[C@H](O)[C@H]3O)O[C@@H]2CO)[C@H](O)[C@@H](O)[C@@H]1N[C@H]1C=C(CO)[C@@H](O)[C@H](O)[C@H]1O. The Morgan fingerprint density at radius 1 is 0.462 bits per heavy atom. The second-order valence-corrected chi connectivity index (χ2v) is 17.2. The highest BCUT2D eigenvalue weighted by atomic mass is 16.7. The average molecular weight is 949 g/mol. The van der Waals surface area contributed by atoms with Gasteiger partial charge in [-0.1, -0.05) is 12.2 Å². The fraction of sp³-hybridized carbons (Fsp3) is 0.895. The molecule has 0 unspecified atom stereocenters. The normalized spacial score (nSPS) is 52.2. The summed E-state index contributed by atoms with van der Waals surface area (Å²) < 4.78 is 39.6. The molecule has 0 aromatic heterocycles. The molecule has 4 saturated heterocycles. The van der Waals surface area contributed by atoms with Crippen LogP contribution in [0.5, 0.6) is 0 Å². The summed E-state index contributed by atoms with van der Waals surface area (Å²) in [7, 11) is 0. The van der Waals surface area contributed by atoms with Crippen molar-refractivity contribution in [1.82, 2.24) is 10.6 Å². The summed E-state index contributed by atoms with van der Waals surface area (Å²) in [5.74, 6) is 0. The first-order valence-corrected chi connectivity index (χ1v) is 21.2. The molecule has 4 fully saturated rings. The number of aliphatic hydroxyl groups is 18. The second-order valence-electron chi connectivity index (χ2n) is 17.2. The molecule has 0 saturated carbocycles. The molecule has 0 spiro atoms. The molecule has 0 radical (unpaired) electrons. The molecule has 27 heteroatoms. The zero-order valence-corrected chi connectivity index (χ0v) is 35.1. The minimum Gasteiger partial charge on any atom is -0.394 e. The third kappa shape index (κ3) is 10.6. The van der Waals surface area contributed by atoms with Gasteiger partial charge in [-0.25, -0.2) is 0 Å². The molecular weight excluding hydrogens is 884 g/mol. The van der Waals surface area contributed by atoms with Crippen LogP contribution in [-0.2, 0) is 33.2 Å². The van der Waals surface area contributed by atoms with Crippen LogP contribution >= 0.6 is 0 Å². The van der Waals surface area contributed by atoms with E-state index in [-0.39, 0.29) is 11.1 Å². The number of ether oxygens (including phenoxy) is 7. The Morgan fingerprint density at radius 2 is 0.954 bits per heavy atom. The smallest absolute Gasteiger partial charge is 0.187 e. The standard InChI is InChI=1S/C38H64N2O25/c1-9-17(39-13-3-11(5-41)18(45)22(49)19(13)46)21(48)29(56)37(59-9)64-33-15(7-43)61-35(27(54)24(33)51)40-14-4-12(6-42)32(23(50)20(14)47)63-31-10(2)60-38(30(57)26(31)53)65-34-16(8-44)62-36(58)28(55)25(34)52/h3-4,9-10,13-58H,5-8H2,1-2H3/t9-,10-,13+,14+,15-,16-,17-,18-,19+,20+,21+,22+,23-,24-,25-,26-,27-,28-,29-,30-,31-,32-,33-,34-,35+,36+,37-,38-/m1/s1. The molecule has 28 atom stereocenters. The van der Waals surface area contributed by atoms with E-state index in [2.05, 4.69) is 10.6 Å². The lowest BCUT2D eigenvalue weighted by Gasteiger charge is -2.49. The summed E-state index contributed by atoms with van der Waals surface area (Å²) >= 11 is 0. The topological polar surface area (TPSA) is 453 Å². The number of nitrogens with one attached hydrogen (secondary N) is 2. The number of hydrogen-bond donors (Lipinski definition) is 20. The lowest BCUT2D eigenvalue weighted by molar-refractivity contribution is -0.356. The van der Waals surface area contributed by atoms with E-state index in [4.69, 9.17) is 33.2 Å². The van der Waals surface area contributed by atoms with Crippen molar-refractivity contribution < 1.29 is 125 Å². The molecule has 4 heterocycles. The van der Waals surface area contributed by atoms with Gasteiger partial charge in [0.1, 0.15) is 122 Å². The summed E-state index contributed by atoms with van der Waals surface area (Å²) in [6.07, 6.45) is -39.1. The van der Waals surface area contributed by atoms with Gasteiger partial charge in [0.25, 0.3) is 0 Å². The van der Waals surface area contributed by atoms with E-state index in [1.165, 1.54) is 26.0 Å². The van der Waals surface area contributed by atoms with Gasteiger partial charge in [-0.3, -0.25) is 5.32 Å². The van der Waals surface area contributed by atoms with Crippen LogP contribution in [0.2, 0.25) is 0 Å². The first kappa shape index (κ1) is 52.8. The molecule has 4 aliphatic heterocycles. The molecule has 0 bridgehead atoms. The summed E-state index contributed by atoms with van der Waals surface area (Å²) in [5, 5.41) is 196. The van der Waals surface area contributed by atoms with Crippen molar-refractivity contribution in [1.29, 1.82) is 0 Å². The van der Waals surface area contributed by atoms with Crippen LogP contribution in [-0.4, -0.2) is 290 Å². The highest BCUT2D eigenvalue weighted by Crippen LogP contribution is 2.35. The van der Waals surface area contributed by atoms with E-state index < -0.39 is 198 Å². The molecule has 27 nitrogen and oxygen atoms in total. The van der Waals surface area contributed by atoms with Gasteiger partial charge < -0.3 is 130 Å². The fourth-order valence-corrected chi connectivity index (χ4v) is 9.03. The maximum Gasteiger partial charge on any atom is 0.187 e. The van der Waals surface area contributed by atoms with Gasteiger partial charge in [0.05, 0.1) is 56.8 Å². The molecule has 376 valence electrons. The Labute approximate surface area is 370 Å². The van der Waals surface area contributed by atoms with Gasteiger partial charge in [0.2, 0.25) is 0 Å². The van der Waals surface area contributed by atoms with Gasteiger partial charge in [-0.05, 0) is 25.0 Å². The summed E-state index contributed by atoms with van der Waals surface area (Å²) in [6.45, 7) is -0.269. The van der Waals surface area contributed by atoms with Crippen molar-refractivity contribution in [2.24, 2.45) is 0 Å². The van der Waals surface area contributed by atoms with Gasteiger partial charge in [0.15, 0.2) is 18.9 Å². The van der Waals surface area contributed by atoms with Crippen LogP contribution in [0.3, 0.4) is 0 Å². The molecule has 6 aliphatic rings. The monoisotopic (exact) mass is 948 g/mol. The van der Waals surface area contributed by atoms with E-state index in [0.717, 1.165) is 0 Å². The zero-order valence-electron chi connectivity index (χ0n) is 35.1. The van der Waals surface area contributed by atoms with Crippen molar-refractivity contribution >= 4 is 0 Å². The van der Waals surface area contributed by atoms with Gasteiger partial charge in [-0.2, -0.15) is 0 Å². The summed E-state index contributed by atoms with van der Waals surface area (Å²) in [6, 6.07) is -3.62. The molecule has 0 aromatic carbocycles. The van der Waals surface area contributed by atoms with E-state index in [0.29, 0.717) is 0 Å². The first-order valence-electron chi connectivity index (χ1n) is 21.2. The maximum absolute atomic E-state index is 11.3. The van der Waals surface area contributed by atoms with Crippen LogP contribution < -0.4 is 10.6 Å². The maximum atomic E-state index is 11.3. The summed E-state index contributed by atoms with van der Waals surface area (Å²) in [4.78, 5) is 0. The van der Waals surface area contributed by atoms with Crippen molar-refractivity contribution in [3.63, 3.8) is 0 Å². The lowest BCUT2D eigenvalue weighted by Crippen LogP contribution is -2.69. The van der Waals surface area contributed by atoms with Gasteiger partial charge >= 0.3 is 0 Å². The minimum absolute atomic E-state index is 0.00362. The molecule has 65 heavy (non-hydrogen) atoms. The van der Waals surface area contributed by atoms with E-state index in [1.807, 2.05) is 0 Å². The lowest BCUT2D eigenvalue weighted by atomic mass is 9.86. The molecule has 2 aliphatic carbocycles. The summed E-state index contributed by atoms with van der Waals surface area (Å²) in [5.41, 5.74) is -0.0873. The quantitative estimate of drug-likeness (QED) is 0.0719. The molecule has 20 N–H and O–H groups in total. The van der Waals surface area contributed by atoms with E-state index in [1.54, 1.807) is 0 Å². The van der Waals surface area contributed by atoms with Crippen LogP contribution in [0.25, 0.3) is 0 Å². The Hall–Kier alpha value is -1.60. The van der Waals surface area contributed by atoms with Crippen LogP contribution in [0.15, 0.2) is 23.3 Å². The predicted octanol–water partition coefficient (Wildman–Crippen LogP) is -11.7. The van der Waals surface area contributed by atoms with Crippen molar-refractivity contribution in [3.05, 3.63) is 23.3 Å². The Bertz CT molecular complexity index is 1600. The van der Waals surface area contributed by atoms with Crippen molar-refractivity contribution in [2.45, 2.75) is 185 Å². The molecule has 0 aromatic rings.